The Hall–Kier alpha value is -0.780. The summed E-state index contributed by atoms with van der Waals surface area (Å²) in [6.07, 6.45) is 0.695. The number of nitrogens with one attached hydrogen (secondary N) is 1. The first kappa shape index (κ1) is 15.2. The molecule has 0 aliphatic carbocycles. The van der Waals surface area contributed by atoms with E-state index in [2.05, 4.69) is 21.2 Å². The molecule has 0 spiro atoms. The van der Waals surface area contributed by atoms with Crippen molar-refractivity contribution in [2.24, 2.45) is 0 Å². The maximum Gasteiger partial charge on any atom is 0.404 e. The van der Waals surface area contributed by atoms with E-state index >= 15 is 0 Å². The standard InChI is InChI=1S/C10H19BrN2O3/c1-3-8(4-2)13(9(14)7-11)6-5-12-10(15)16/h8,12H,3-7H2,1-2H3,(H,15,16). The van der Waals surface area contributed by atoms with Crippen molar-refractivity contribution in [3.05, 3.63) is 0 Å². The number of hydrogen-bond donors (Lipinski definition) is 2. The van der Waals surface area contributed by atoms with Crippen molar-refractivity contribution in [2.45, 2.75) is 32.7 Å². The molecule has 94 valence electrons. The van der Waals surface area contributed by atoms with Crippen LogP contribution < -0.4 is 5.32 Å². The number of nitrogens with zero attached hydrogens (tertiary/aromatic N) is 1. The average molecular weight is 295 g/mol. The summed E-state index contributed by atoms with van der Waals surface area (Å²) < 4.78 is 0. The molecule has 0 radical (unpaired) electrons. The van der Waals surface area contributed by atoms with Crippen molar-refractivity contribution in [1.29, 1.82) is 0 Å². The Balaban J connectivity index is 4.30. The Kier molecular flexibility index (Phi) is 7.97. The largest absolute Gasteiger partial charge is 0.465 e. The van der Waals surface area contributed by atoms with Crippen LogP contribution in [-0.2, 0) is 4.79 Å². The number of alkyl halides is 1. The van der Waals surface area contributed by atoms with Gasteiger partial charge >= 0.3 is 6.09 Å². The van der Waals surface area contributed by atoms with Crippen molar-refractivity contribution in [3.8, 4) is 0 Å². The highest BCUT2D eigenvalue weighted by Crippen LogP contribution is 2.09. The third-order valence-corrected chi connectivity index (χ3v) is 2.93. The summed E-state index contributed by atoms with van der Waals surface area (Å²) in [6, 6.07) is 0.181. The molecule has 0 aromatic rings. The fraction of sp³-hybridized carbons (Fsp3) is 0.800. The number of halogens is 1. The van der Waals surface area contributed by atoms with E-state index in [9.17, 15) is 9.59 Å². The molecule has 5 nitrogen and oxygen atoms in total. The lowest BCUT2D eigenvalue weighted by atomic mass is 10.1. The maximum absolute atomic E-state index is 11.7. The molecule has 0 saturated heterocycles. The SMILES string of the molecule is CCC(CC)N(CCNC(=O)O)C(=O)CBr. The number of carbonyl (C=O) groups is 2. The van der Waals surface area contributed by atoms with E-state index in [1.165, 1.54) is 0 Å². The van der Waals surface area contributed by atoms with Gasteiger partial charge in [-0.05, 0) is 12.8 Å². The molecule has 0 bridgehead atoms. The second-order valence-electron chi connectivity index (χ2n) is 3.42. The monoisotopic (exact) mass is 294 g/mol. The van der Waals surface area contributed by atoms with Crippen molar-refractivity contribution in [2.75, 3.05) is 18.4 Å². The minimum Gasteiger partial charge on any atom is -0.465 e. The zero-order chi connectivity index (χ0) is 12.6. The molecular weight excluding hydrogens is 276 g/mol. The second kappa shape index (κ2) is 8.38. The highest BCUT2D eigenvalue weighted by molar-refractivity contribution is 9.09. The van der Waals surface area contributed by atoms with Gasteiger partial charge in [-0.3, -0.25) is 4.79 Å². The van der Waals surface area contributed by atoms with E-state index in [-0.39, 0.29) is 23.8 Å². The van der Waals surface area contributed by atoms with E-state index in [4.69, 9.17) is 5.11 Å². The Morgan fingerprint density at radius 1 is 1.38 bits per heavy atom. The predicted molar refractivity (Wildman–Crippen MR) is 65.9 cm³/mol. The van der Waals surface area contributed by atoms with Gasteiger partial charge < -0.3 is 15.3 Å². The number of hydrogen-bond acceptors (Lipinski definition) is 2. The minimum absolute atomic E-state index is 0.000823. The van der Waals surface area contributed by atoms with Gasteiger partial charge in [-0.25, -0.2) is 4.79 Å². The zero-order valence-electron chi connectivity index (χ0n) is 9.70. The third kappa shape index (κ3) is 5.34. The van der Waals surface area contributed by atoms with Crippen LogP contribution in [-0.4, -0.2) is 46.5 Å². The van der Waals surface area contributed by atoms with Gasteiger partial charge in [0.1, 0.15) is 0 Å². The molecule has 2 N–H and O–H groups in total. The van der Waals surface area contributed by atoms with Crippen LogP contribution in [0, 0.1) is 0 Å². The van der Waals surface area contributed by atoms with Crippen molar-refractivity contribution < 1.29 is 14.7 Å². The quantitative estimate of drug-likeness (QED) is 0.702. The molecular formula is C10H19BrN2O3. The molecule has 0 aliphatic rings. The number of carboxylic acid groups (broad SMARTS) is 1. The van der Waals surface area contributed by atoms with Crippen LogP contribution >= 0.6 is 15.9 Å². The van der Waals surface area contributed by atoms with Crippen LogP contribution in [0.5, 0.6) is 0 Å². The van der Waals surface area contributed by atoms with Gasteiger partial charge in [0.15, 0.2) is 0 Å². The second-order valence-corrected chi connectivity index (χ2v) is 3.98. The molecule has 0 aromatic carbocycles. The van der Waals surface area contributed by atoms with Crippen LogP contribution in [0.15, 0.2) is 0 Å². The van der Waals surface area contributed by atoms with Gasteiger partial charge in [0, 0.05) is 19.1 Å². The Morgan fingerprint density at radius 2 is 1.94 bits per heavy atom. The highest BCUT2D eigenvalue weighted by atomic mass is 79.9. The van der Waals surface area contributed by atoms with Crippen molar-refractivity contribution in [1.82, 2.24) is 10.2 Å². The minimum atomic E-state index is -1.06. The van der Waals surface area contributed by atoms with E-state index in [1.807, 2.05) is 13.8 Å². The molecule has 0 unspecified atom stereocenters. The summed E-state index contributed by atoms with van der Waals surface area (Å²) in [4.78, 5) is 23.7. The van der Waals surface area contributed by atoms with E-state index in [0.29, 0.717) is 6.54 Å². The summed E-state index contributed by atoms with van der Waals surface area (Å²) >= 11 is 3.14. The van der Waals surface area contributed by atoms with Crippen LogP contribution in [0.25, 0.3) is 0 Å². The molecule has 2 amide bonds. The summed E-state index contributed by atoms with van der Waals surface area (Å²) in [6.45, 7) is 4.73. The Bertz CT molecular complexity index is 232. The molecule has 6 heteroatoms. The number of amides is 2. The molecule has 0 aromatic heterocycles. The van der Waals surface area contributed by atoms with Gasteiger partial charge in [-0.15, -0.1) is 0 Å². The van der Waals surface area contributed by atoms with E-state index in [0.717, 1.165) is 12.8 Å². The van der Waals surface area contributed by atoms with Gasteiger partial charge in [-0.1, -0.05) is 29.8 Å². The summed E-state index contributed by atoms with van der Waals surface area (Å²) in [5.74, 6) is 0.000823. The number of rotatable bonds is 7. The highest BCUT2D eigenvalue weighted by Gasteiger charge is 2.19. The van der Waals surface area contributed by atoms with E-state index < -0.39 is 6.09 Å². The fourth-order valence-corrected chi connectivity index (χ4v) is 1.92. The van der Waals surface area contributed by atoms with Crippen molar-refractivity contribution >= 4 is 27.9 Å². The van der Waals surface area contributed by atoms with Gasteiger partial charge in [0.25, 0.3) is 0 Å². The third-order valence-electron chi connectivity index (χ3n) is 2.45. The summed E-state index contributed by atoms with van der Waals surface area (Å²) in [5, 5.41) is 11.0. The molecule has 0 atom stereocenters. The predicted octanol–water partition coefficient (Wildman–Crippen LogP) is 1.67. The fourth-order valence-electron chi connectivity index (χ4n) is 1.60. The molecule has 0 saturated carbocycles. The number of carbonyl (C=O) groups excluding carboxylic acids is 1. The summed E-state index contributed by atoms with van der Waals surface area (Å²) in [5.41, 5.74) is 0. The van der Waals surface area contributed by atoms with Crippen molar-refractivity contribution in [3.63, 3.8) is 0 Å². The van der Waals surface area contributed by atoms with Crippen LogP contribution in [0.2, 0.25) is 0 Å². The topological polar surface area (TPSA) is 69.6 Å². The lowest BCUT2D eigenvalue weighted by Gasteiger charge is -2.30. The normalized spacial score (nSPS) is 10.2. The molecule has 0 aliphatic heterocycles. The first-order chi connectivity index (χ1) is 7.56. The molecule has 0 fully saturated rings. The Morgan fingerprint density at radius 3 is 2.31 bits per heavy atom. The van der Waals surface area contributed by atoms with E-state index in [1.54, 1.807) is 4.90 Å². The van der Waals surface area contributed by atoms with Gasteiger partial charge in [-0.2, -0.15) is 0 Å². The van der Waals surface area contributed by atoms with Gasteiger partial charge in [0.2, 0.25) is 5.91 Å². The first-order valence-electron chi connectivity index (χ1n) is 5.38. The lowest BCUT2D eigenvalue weighted by molar-refractivity contribution is -0.130. The molecule has 0 rings (SSSR count). The smallest absolute Gasteiger partial charge is 0.404 e. The van der Waals surface area contributed by atoms with Crippen LogP contribution in [0.3, 0.4) is 0 Å². The van der Waals surface area contributed by atoms with Crippen LogP contribution in [0.4, 0.5) is 4.79 Å². The zero-order valence-corrected chi connectivity index (χ0v) is 11.3. The summed E-state index contributed by atoms with van der Waals surface area (Å²) in [7, 11) is 0. The van der Waals surface area contributed by atoms with Gasteiger partial charge in [0.05, 0.1) is 5.33 Å². The first-order valence-corrected chi connectivity index (χ1v) is 6.51. The molecule has 0 heterocycles. The lowest BCUT2D eigenvalue weighted by Crippen LogP contribution is -2.44. The molecule has 16 heavy (non-hydrogen) atoms. The Labute approximate surface area is 104 Å². The average Bonchev–Trinajstić information content (AvgIpc) is 2.27. The maximum atomic E-state index is 11.7. The van der Waals surface area contributed by atoms with Crippen LogP contribution in [0.1, 0.15) is 26.7 Å².